The molecule has 0 aliphatic carbocycles. The average Bonchev–Trinajstić information content (AvgIpc) is 2.48. The van der Waals surface area contributed by atoms with Crippen LogP contribution in [0.4, 0.5) is 5.69 Å². The van der Waals surface area contributed by atoms with E-state index in [1.807, 2.05) is 36.4 Å². The summed E-state index contributed by atoms with van der Waals surface area (Å²) in [5.41, 5.74) is 0.456. The Morgan fingerprint density at radius 1 is 0.818 bits per heavy atom. The summed E-state index contributed by atoms with van der Waals surface area (Å²) in [7, 11) is -3.93. The van der Waals surface area contributed by atoms with Crippen LogP contribution in [0, 0.1) is 0 Å². The minimum Gasteiger partial charge on any atom is -1.00 e. The minimum atomic E-state index is -3.93. The van der Waals surface area contributed by atoms with Gasteiger partial charge in [-0.3, -0.25) is 4.72 Å². The molecule has 0 aliphatic rings. The standard InChI is InChI=1S/C16H13NO3S.Mg.2H/c18-21(19,17-14-9-2-1-3-10-14)20-16-12-6-8-13-7-4-5-11-15(13)16;;;/h1-12,17H;;;/q;+2;2*-1. The second kappa shape index (κ2) is 7.00. The predicted octanol–water partition coefficient (Wildman–Crippen LogP) is 3.42. The molecule has 0 radical (unpaired) electrons. The molecule has 110 valence electrons. The number of hydrogen-bond donors (Lipinski definition) is 1. The van der Waals surface area contributed by atoms with E-state index >= 15 is 0 Å². The molecule has 4 nitrogen and oxygen atoms in total. The van der Waals surface area contributed by atoms with Crippen molar-refractivity contribution in [2.45, 2.75) is 0 Å². The smallest absolute Gasteiger partial charge is 1.00 e. The number of fused-ring (bicyclic) bond motifs is 1. The Balaban J connectivity index is 0.00000176. The van der Waals surface area contributed by atoms with Gasteiger partial charge in [0.2, 0.25) is 0 Å². The second-order valence-electron chi connectivity index (χ2n) is 4.48. The molecular formula is C16H15MgNO3S. The molecule has 0 saturated carbocycles. The molecule has 0 bridgehead atoms. The van der Waals surface area contributed by atoms with Gasteiger partial charge in [-0.1, -0.05) is 54.6 Å². The topological polar surface area (TPSA) is 55.4 Å². The molecule has 3 rings (SSSR count). The summed E-state index contributed by atoms with van der Waals surface area (Å²) >= 11 is 0. The summed E-state index contributed by atoms with van der Waals surface area (Å²) in [6.45, 7) is 0. The van der Waals surface area contributed by atoms with Crippen molar-refractivity contribution in [2.24, 2.45) is 0 Å². The van der Waals surface area contributed by atoms with E-state index in [0.717, 1.165) is 10.8 Å². The first-order valence-corrected chi connectivity index (χ1v) is 7.80. The van der Waals surface area contributed by atoms with Gasteiger partial charge >= 0.3 is 33.4 Å². The SMILES string of the molecule is O=S(=O)(Nc1ccccc1)Oc1cccc2ccccc12.[H-].[H-].[Mg+2]. The maximum absolute atomic E-state index is 12.1. The van der Waals surface area contributed by atoms with Crippen LogP contribution in [-0.2, 0) is 10.3 Å². The number of anilines is 1. The van der Waals surface area contributed by atoms with E-state index in [9.17, 15) is 8.42 Å². The van der Waals surface area contributed by atoms with Gasteiger partial charge in [0.1, 0.15) is 0 Å². The molecule has 0 heterocycles. The van der Waals surface area contributed by atoms with Crippen molar-refractivity contribution in [3.05, 3.63) is 72.8 Å². The van der Waals surface area contributed by atoms with Crippen LogP contribution in [0.1, 0.15) is 2.85 Å². The van der Waals surface area contributed by atoms with Crippen LogP contribution in [-0.4, -0.2) is 31.5 Å². The third kappa shape index (κ3) is 3.91. The average molecular weight is 326 g/mol. The van der Waals surface area contributed by atoms with Crippen LogP contribution < -0.4 is 8.91 Å². The van der Waals surface area contributed by atoms with Gasteiger partial charge in [-0.05, 0) is 23.6 Å². The normalized spacial score (nSPS) is 10.7. The van der Waals surface area contributed by atoms with Crippen LogP contribution in [0.2, 0.25) is 0 Å². The zero-order valence-corrected chi connectivity index (χ0v) is 14.0. The quantitative estimate of drug-likeness (QED) is 0.748. The number of rotatable bonds is 4. The Morgan fingerprint density at radius 3 is 2.23 bits per heavy atom. The minimum absolute atomic E-state index is 0. The molecule has 0 fully saturated rings. The predicted molar refractivity (Wildman–Crippen MR) is 91.5 cm³/mol. The Morgan fingerprint density at radius 2 is 1.45 bits per heavy atom. The third-order valence-corrected chi connectivity index (χ3v) is 3.85. The summed E-state index contributed by atoms with van der Waals surface area (Å²) in [4.78, 5) is 0. The maximum Gasteiger partial charge on any atom is 2.00 e. The van der Waals surface area contributed by atoms with Crippen LogP contribution in [0.25, 0.3) is 10.8 Å². The number of hydrogen-bond acceptors (Lipinski definition) is 3. The first-order chi connectivity index (χ1) is 10.1. The molecule has 3 aromatic carbocycles. The molecule has 0 amide bonds. The van der Waals surface area contributed by atoms with E-state index in [0.29, 0.717) is 11.4 Å². The van der Waals surface area contributed by atoms with E-state index in [1.165, 1.54) is 0 Å². The number of para-hydroxylation sites is 1. The van der Waals surface area contributed by atoms with Gasteiger partial charge < -0.3 is 7.04 Å². The molecule has 0 unspecified atom stereocenters. The van der Waals surface area contributed by atoms with Gasteiger partial charge in [0, 0.05) is 5.39 Å². The van der Waals surface area contributed by atoms with Crippen molar-refractivity contribution < 1.29 is 15.5 Å². The van der Waals surface area contributed by atoms with Crippen LogP contribution in [0.15, 0.2) is 72.8 Å². The molecule has 0 aromatic heterocycles. The summed E-state index contributed by atoms with van der Waals surface area (Å²) in [6.07, 6.45) is 0. The molecule has 0 atom stereocenters. The van der Waals surface area contributed by atoms with Crippen molar-refractivity contribution in [2.75, 3.05) is 4.72 Å². The first kappa shape index (κ1) is 16.6. The molecule has 6 heteroatoms. The second-order valence-corrected chi connectivity index (χ2v) is 5.76. The Kier molecular flexibility index (Phi) is 5.28. The van der Waals surface area contributed by atoms with E-state index in [4.69, 9.17) is 4.18 Å². The van der Waals surface area contributed by atoms with E-state index in [-0.39, 0.29) is 25.9 Å². The molecule has 0 spiro atoms. The van der Waals surface area contributed by atoms with Gasteiger partial charge in [0.15, 0.2) is 5.75 Å². The van der Waals surface area contributed by atoms with Gasteiger partial charge in [-0.15, -0.1) is 0 Å². The van der Waals surface area contributed by atoms with Crippen LogP contribution >= 0.6 is 0 Å². The zero-order valence-electron chi connectivity index (χ0n) is 13.8. The van der Waals surface area contributed by atoms with Crippen molar-refractivity contribution in [1.29, 1.82) is 0 Å². The van der Waals surface area contributed by atoms with Gasteiger partial charge in [0.05, 0.1) is 5.69 Å². The summed E-state index contributed by atoms with van der Waals surface area (Å²) in [6, 6.07) is 21.4. The van der Waals surface area contributed by atoms with Crippen molar-refractivity contribution in [1.82, 2.24) is 0 Å². The van der Waals surface area contributed by atoms with Crippen molar-refractivity contribution in [3.8, 4) is 5.75 Å². The molecule has 1 N–H and O–H groups in total. The maximum atomic E-state index is 12.1. The fraction of sp³-hybridized carbons (Fsp3) is 0. The fourth-order valence-corrected chi connectivity index (χ4v) is 2.91. The summed E-state index contributed by atoms with van der Waals surface area (Å²) in [5, 5.41) is 1.67. The Hall–Kier alpha value is -1.76. The number of nitrogens with one attached hydrogen (secondary N) is 1. The fourth-order valence-electron chi connectivity index (χ4n) is 2.06. The van der Waals surface area contributed by atoms with Gasteiger partial charge in [-0.2, -0.15) is 8.42 Å². The molecule has 3 aromatic rings. The summed E-state index contributed by atoms with van der Waals surface area (Å²) in [5.74, 6) is 0.302. The van der Waals surface area contributed by atoms with Crippen molar-refractivity contribution >= 4 is 49.8 Å². The molecule has 0 aliphatic heterocycles. The van der Waals surface area contributed by atoms with Crippen LogP contribution in [0.3, 0.4) is 0 Å². The molecular weight excluding hydrogens is 311 g/mol. The van der Waals surface area contributed by atoms with Gasteiger partial charge in [0.25, 0.3) is 0 Å². The van der Waals surface area contributed by atoms with Gasteiger partial charge in [-0.25, -0.2) is 0 Å². The Bertz CT molecular complexity index is 871. The first-order valence-electron chi connectivity index (χ1n) is 6.39. The van der Waals surface area contributed by atoms with E-state index < -0.39 is 10.3 Å². The summed E-state index contributed by atoms with van der Waals surface area (Å²) < 4.78 is 31.7. The van der Waals surface area contributed by atoms with E-state index in [1.54, 1.807) is 36.4 Å². The van der Waals surface area contributed by atoms with Crippen molar-refractivity contribution in [3.63, 3.8) is 0 Å². The molecule has 22 heavy (non-hydrogen) atoms. The number of benzene rings is 3. The van der Waals surface area contributed by atoms with Crippen LogP contribution in [0.5, 0.6) is 5.75 Å². The molecule has 0 saturated heterocycles. The third-order valence-electron chi connectivity index (χ3n) is 2.97. The van der Waals surface area contributed by atoms with E-state index in [2.05, 4.69) is 4.72 Å². The zero-order chi connectivity index (χ0) is 14.7. The largest absolute Gasteiger partial charge is 2.00 e. The monoisotopic (exact) mass is 325 g/mol. The Labute approximate surface area is 148 Å².